The molecule has 2 fully saturated rings. The topological polar surface area (TPSA) is 246 Å². The third kappa shape index (κ3) is 7.27. The van der Waals surface area contributed by atoms with E-state index < -0.39 is 58.3 Å². The number of imidazole rings is 2. The van der Waals surface area contributed by atoms with Gasteiger partial charge in [-0.25, -0.2) is 18.7 Å². The number of anilines is 2. The highest BCUT2D eigenvalue weighted by Crippen LogP contribution is 2.46. The van der Waals surface area contributed by atoms with Gasteiger partial charge in [0.1, 0.15) is 35.3 Å². The number of carbonyl (C=O) groups is 2. The molecule has 17 nitrogen and oxygen atoms in total. The number of alkyl halides is 2. The number of rotatable bonds is 8. The monoisotopic (exact) mass is 740 g/mol. The lowest BCUT2D eigenvalue weighted by atomic mass is 10.1. The number of aliphatic hydroxyl groups excluding tert-OH is 3. The van der Waals surface area contributed by atoms with Gasteiger partial charge in [0, 0.05) is 17.1 Å². The summed E-state index contributed by atoms with van der Waals surface area (Å²) in [5.41, 5.74) is -0.669. The second-order valence-corrected chi connectivity index (χ2v) is 15.1. The average molecular weight is 741 g/mol. The van der Waals surface area contributed by atoms with E-state index in [1.807, 2.05) is 6.92 Å². The Kier molecular flexibility index (Phi) is 11.3. The lowest BCUT2D eigenvalue weighted by molar-refractivity contribution is -0.119. The molecule has 2 aliphatic rings. The fourth-order valence-electron chi connectivity index (χ4n) is 5.21. The molecule has 0 saturated carbocycles. The standard InChI is InChI=1S/C15H20FN5O3S.C14H18FN5O4S/c1-4-7-8(16)10(22)14(25-7)21-5-17-9-11(21)18-15(20-13(9)24)19-12(23)6(2)3;1-5(2)11(23)18-14-17-10-8(12(24)19-14)16-4-20(10)13-9(22)7(15)6(3-21)25-13/h5-8,10,14,22H,4H2,1-3H3,(H2,18,19,20,23,24);4-7,9,13,21-22H,3H2,1-2H3,(H2,17,18,19,23,24)/t7-,8+,10?,14-;6-,7+,9?,13-/m11/s1. The second-order valence-electron chi connectivity index (χ2n) is 12.4. The van der Waals surface area contributed by atoms with E-state index in [9.17, 15) is 43.3 Å². The highest BCUT2D eigenvalue weighted by atomic mass is 32.2. The molecule has 0 radical (unpaired) electrons. The summed E-state index contributed by atoms with van der Waals surface area (Å²) in [4.78, 5) is 69.2. The molecule has 2 aliphatic heterocycles. The molecule has 2 saturated heterocycles. The summed E-state index contributed by atoms with van der Waals surface area (Å²) in [5.74, 6) is -1.26. The maximum atomic E-state index is 14.2. The van der Waals surface area contributed by atoms with E-state index in [0.717, 1.165) is 11.8 Å². The number of aliphatic hydroxyl groups is 3. The smallest absolute Gasteiger partial charge is 0.280 e. The van der Waals surface area contributed by atoms with Crippen LogP contribution in [-0.4, -0.2) is 108 Å². The molecule has 8 atom stereocenters. The molecular weight excluding hydrogens is 703 g/mol. The van der Waals surface area contributed by atoms with Gasteiger partial charge in [0.15, 0.2) is 22.3 Å². The first-order valence-corrected chi connectivity index (χ1v) is 17.7. The number of hydrogen-bond acceptors (Lipinski definition) is 13. The summed E-state index contributed by atoms with van der Waals surface area (Å²) in [6, 6.07) is 0. The average Bonchev–Trinajstić information content (AvgIpc) is 3.82. The maximum Gasteiger partial charge on any atom is 0.280 e. The number of carbonyl (C=O) groups excluding carboxylic acids is 2. The van der Waals surface area contributed by atoms with Crippen molar-refractivity contribution < 1.29 is 33.7 Å². The minimum absolute atomic E-state index is 0.000670. The van der Waals surface area contributed by atoms with Crippen LogP contribution in [0.25, 0.3) is 22.3 Å². The number of hydrogen-bond donors (Lipinski definition) is 7. The molecular formula is C29H38F2N10O7S2. The van der Waals surface area contributed by atoms with Crippen molar-refractivity contribution in [2.75, 3.05) is 17.2 Å². The highest BCUT2D eigenvalue weighted by molar-refractivity contribution is 8.00. The van der Waals surface area contributed by atoms with Crippen LogP contribution in [-0.2, 0) is 9.59 Å². The number of fused-ring (bicyclic) bond motifs is 2. The molecule has 21 heteroatoms. The van der Waals surface area contributed by atoms with E-state index in [0.29, 0.717) is 6.42 Å². The summed E-state index contributed by atoms with van der Waals surface area (Å²) in [7, 11) is 0. The van der Waals surface area contributed by atoms with Crippen LogP contribution in [0.15, 0.2) is 22.2 Å². The van der Waals surface area contributed by atoms with E-state index in [2.05, 4.69) is 40.5 Å². The van der Waals surface area contributed by atoms with Crippen LogP contribution in [0.5, 0.6) is 0 Å². The van der Waals surface area contributed by atoms with Crippen LogP contribution in [0.4, 0.5) is 20.7 Å². The SMILES string of the molecule is CC(C)C(=O)Nc1nc2c(ncn2[C@@H]2S[C@H](CO)[C@H](F)C2O)c(=O)[nH]1.CC[C@H]1S[C@@H](n2cnc3c(=O)[nH]c(NC(=O)C(C)C)nc32)C(O)[C@H]1F. The summed E-state index contributed by atoms with van der Waals surface area (Å²) in [6.45, 7) is 8.25. The van der Waals surface area contributed by atoms with Crippen molar-refractivity contribution in [2.24, 2.45) is 11.8 Å². The molecule has 0 aliphatic carbocycles. The molecule has 2 amide bonds. The van der Waals surface area contributed by atoms with E-state index in [1.54, 1.807) is 27.7 Å². The number of nitrogens with zero attached hydrogens (tertiary/aromatic N) is 6. The maximum absolute atomic E-state index is 14.2. The van der Waals surface area contributed by atoms with Crippen molar-refractivity contribution in [2.45, 2.75) is 86.8 Å². The van der Waals surface area contributed by atoms with Crippen LogP contribution in [0, 0.1) is 11.8 Å². The van der Waals surface area contributed by atoms with Crippen LogP contribution >= 0.6 is 23.5 Å². The van der Waals surface area contributed by atoms with Gasteiger partial charge in [0.2, 0.25) is 23.7 Å². The summed E-state index contributed by atoms with van der Waals surface area (Å²) in [6.07, 6.45) is -2.34. The third-order valence-electron chi connectivity index (χ3n) is 8.10. The van der Waals surface area contributed by atoms with Gasteiger partial charge in [-0.05, 0) is 6.42 Å². The quantitative estimate of drug-likeness (QED) is 0.135. The zero-order chi connectivity index (χ0) is 36.6. The second kappa shape index (κ2) is 15.1. The summed E-state index contributed by atoms with van der Waals surface area (Å²) >= 11 is 2.33. The van der Waals surface area contributed by atoms with E-state index in [1.165, 1.54) is 33.6 Å². The van der Waals surface area contributed by atoms with Crippen LogP contribution in [0.3, 0.4) is 0 Å². The van der Waals surface area contributed by atoms with Gasteiger partial charge in [-0.1, -0.05) is 34.6 Å². The van der Waals surface area contributed by atoms with Gasteiger partial charge in [0.05, 0.1) is 24.5 Å². The van der Waals surface area contributed by atoms with E-state index >= 15 is 0 Å². The number of nitrogens with one attached hydrogen (secondary N) is 4. The minimum atomic E-state index is -1.61. The Balaban J connectivity index is 0.000000194. The van der Waals surface area contributed by atoms with Gasteiger partial charge < -0.3 is 15.3 Å². The van der Waals surface area contributed by atoms with Crippen LogP contribution < -0.4 is 21.8 Å². The summed E-state index contributed by atoms with van der Waals surface area (Å²) < 4.78 is 31.1. The van der Waals surface area contributed by atoms with Crippen LogP contribution in [0.2, 0.25) is 0 Å². The molecule has 272 valence electrons. The number of amides is 2. The van der Waals surface area contributed by atoms with Crippen molar-refractivity contribution in [3.05, 3.63) is 33.4 Å². The summed E-state index contributed by atoms with van der Waals surface area (Å²) in [5, 5.41) is 32.0. The Morgan fingerprint density at radius 1 is 0.820 bits per heavy atom. The van der Waals surface area contributed by atoms with E-state index in [-0.39, 0.29) is 63.1 Å². The largest absolute Gasteiger partial charge is 0.395 e. The minimum Gasteiger partial charge on any atom is -0.395 e. The van der Waals surface area contributed by atoms with E-state index in [4.69, 9.17) is 0 Å². The fourth-order valence-corrected chi connectivity index (χ4v) is 8.02. The number of aromatic amines is 2. The molecule has 50 heavy (non-hydrogen) atoms. The van der Waals surface area contributed by atoms with Gasteiger partial charge in [-0.2, -0.15) is 9.97 Å². The molecule has 6 rings (SSSR count). The predicted molar refractivity (Wildman–Crippen MR) is 183 cm³/mol. The first-order valence-electron chi connectivity index (χ1n) is 15.8. The molecule has 4 aromatic rings. The van der Waals surface area contributed by atoms with Crippen LogP contribution in [0.1, 0.15) is 51.8 Å². The molecule has 4 aromatic heterocycles. The van der Waals surface area contributed by atoms with Gasteiger partial charge in [-0.3, -0.25) is 48.9 Å². The lowest BCUT2D eigenvalue weighted by Gasteiger charge is -2.16. The van der Waals surface area contributed by atoms with Crippen molar-refractivity contribution in [3.8, 4) is 0 Å². The molecule has 6 heterocycles. The number of thioether (sulfide) groups is 2. The predicted octanol–water partition coefficient (Wildman–Crippen LogP) is 1.46. The van der Waals surface area contributed by atoms with Crippen molar-refractivity contribution in [1.82, 2.24) is 39.0 Å². The molecule has 2 unspecified atom stereocenters. The third-order valence-corrected chi connectivity index (χ3v) is 11.4. The Hall–Kier alpha value is -3.92. The molecule has 0 spiro atoms. The zero-order valence-electron chi connectivity index (χ0n) is 27.6. The Morgan fingerprint density at radius 2 is 1.22 bits per heavy atom. The van der Waals surface area contributed by atoms with Crippen molar-refractivity contribution in [3.63, 3.8) is 0 Å². The lowest BCUT2D eigenvalue weighted by Crippen LogP contribution is -2.29. The Morgan fingerprint density at radius 3 is 1.56 bits per heavy atom. The first kappa shape index (κ1) is 37.3. The Labute approximate surface area is 291 Å². The highest BCUT2D eigenvalue weighted by Gasteiger charge is 2.46. The van der Waals surface area contributed by atoms with Crippen molar-refractivity contribution in [1.29, 1.82) is 0 Å². The van der Waals surface area contributed by atoms with Gasteiger partial charge in [-0.15, -0.1) is 23.5 Å². The number of H-pyrrole nitrogens is 2. The number of aromatic nitrogens is 8. The zero-order valence-corrected chi connectivity index (χ0v) is 29.2. The first-order chi connectivity index (χ1) is 23.7. The van der Waals surface area contributed by atoms with Gasteiger partial charge >= 0.3 is 0 Å². The van der Waals surface area contributed by atoms with Gasteiger partial charge in [0.25, 0.3) is 11.1 Å². The molecule has 0 aromatic carbocycles. The fraction of sp³-hybridized carbons (Fsp3) is 0.586. The van der Waals surface area contributed by atoms with Crippen molar-refractivity contribution >= 4 is 69.6 Å². The Bertz CT molecular complexity index is 1840. The molecule has 0 bridgehead atoms. The number of halogens is 2. The molecule has 7 N–H and O–H groups in total. The normalized spacial score (nSPS) is 26.5.